The summed E-state index contributed by atoms with van der Waals surface area (Å²) in [5, 5.41) is 0.210. The van der Waals surface area contributed by atoms with E-state index in [1.807, 2.05) is 24.3 Å². The minimum atomic E-state index is -1.76. The SMILES string of the molecule is COc1ccc(COCOC[C@@H](/C=C/C(C)C)CO[Si](C)(C)C(C)(C)C)cc1. The van der Waals surface area contributed by atoms with E-state index in [1.54, 1.807) is 7.11 Å². The van der Waals surface area contributed by atoms with Crippen LogP contribution in [-0.2, 0) is 20.5 Å². The molecule has 0 amide bonds. The normalized spacial score (nSPS) is 14.0. The minimum Gasteiger partial charge on any atom is -0.497 e. The van der Waals surface area contributed by atoms with Gasteiger partial charge in [0.05, 0.1) is 20.3 Å². The van der Waals surface area contributed by atoms with Crippen LogP contribution in [0.15, 0.2) is 36.4 Å². The van der Waals surface area contributed by atoms with Gasteiger partial charge in [-0.2, -0.15) is 0 Å². The van der Waals surface area contributed by atoms with Crippen molar-refractivity contribution in [2.45, 2.75) is 59.4 Å². The van der Waals surface area contributed by atoms with Crippen LogP contribution in [0.1, 0.15) is 40.2 Å². The van der Waals surface area contributed by atoms with Crippen LogP contribution < -0.4 is 4.74 Å². The maximum atomic E-state index is 6.39. The van der Waals surface area contributed by atoms with Crippen molar-refractivity contribution in [2.24, 2.45) is 11.8 Å². The molecule has 160 valence electrons. The van der Waals surface area contributed by atoms with Crippen LogP contribution >= 0.6 is 0 Å². The van der Waals surface area contributed by atoms with Gasteiger partial charge in [-0.05, 0) is 41.7 Å². The van der Waals surface area contributed by atoms with Crippen LogP contribution in [0.25, 0.3) is 0 Å². The van der Waals surface area contributed by atoms with Gasteiger partial charge in [-0.25, -0.2) is 0 Å². The lowest BCUT2D eigenvalue weighted by Crippen LogP contribution is -2.42. The number of allylic oxidation sites excluding steroid dienone is 1. The summed E-state index contributed by atoms with van der Waals surface area (Å²) in [7, 11) is -0.0962. The van der Waals surface area contributed by atoms with Crippen LogP contribution in [0.2, 0.25) is 18.1 Å². The molecule has 0 saturated heterocycles. The number of methoxy groups -OCH3 is 1. The molecule has 0 aliphatic rings. The lowest BCUT2D eigenvalue weighted by atomic mass is 10.1. The number of benzene rings is 1. The quantitative estimate of drug-likeness (QED) is 0.183. The molecule has 0 unspecified atom stereocenters. The second-order valence-corrected chi connectivity index (χ2v) is 14.0. The van der Waals surface area contributed by atoms with Gasteiger partial charge in [0.2, 0.25) is 0 Å². The second-order valence-electron chi connectivity index (χ2n) is 9.15. The van der Waals surface area contributed by atoms with Crippen molar-refractivity contribution >= 4 is 8.32 Å². The van der Waals surface area contributed by atoms with Gasteiger partial charge in [-0.15, -0.1) is 0 Å². The third-order valence-corrected chi connectivity index (χ3v) is 9.66. The highest BCUT2D eigenvalue weighted by Gasteiger charge is 2.37. The summed E-state index contributed by atoms with van der Waals surface area (Å²) in [5.74, 6) is 1.60. The lowest BCUT2D eigenvalue weighted by molar-refractivity contribution is -0.0708. The van der Waals surface area contributed by atoms with Crippen LogP contribution in [0.4, 0.5) is 0 Å². The molecule has 5 heteroatoms. The van der Waals surface area contributed by atoms with Gasteiger partial charge in [0.1, 0.15) is 12.5 Å². The average Bonchev–Trinajstić information content (AvgIpc) is 2.62. The molecule has 0 saturated carbocycles. The monoisotopic (exact) mass is 408 g/mol. The van der Waals surface area contributed by atoms with Gasteiger partial charge in [0.25, 0.3) is 0 Å². The van der Waals surface area contributed by atoms with E-state index >= 15 is 0 Å². The van der Waals surface area contributed by atoms with E-state index in [9.17, 15) is 0 Å². The third-order valence-electron chi connectivity index (χ3n) is 5.16. The Kier molecular flexibility index (Phi) is 10.5. The molecule has 1 atom stereocenters. The van der Waals surface area contributed by atoms with Crippen LogP contribution in [0.3, 0.4) is 0 Å². The van der Waals surface area contributed by atoms with Crippen molar-refractivity contribution in [1.82, 2.24) is 0 Å². The zero-order valence-corrected chi connectivity index (χ0v) is 20.1. The summed E-state index contributed by atoms with van der Waals surface area (Å²) in [6.07, 6.45) is 4.45. The Bertz CT molecular complexity index is 573. The van der Waals surface area contributed by atoms with Gasteiger partial charge in [0, 0.05) is 12.5 Å². The molecular formula is C23H40O4Si. The van der Waals surface area contributed by atoms with Crippen molar-refractivity contribution in [1.29, 1.82) is 0 Å². The largest absolute Gasteiger partial charge is 0.497 e. The van der Waals surface area contributed by atoms with Gasteiger partial charge in [0.15, 0.2) is 8.32 Å². The molecule has 0 aromatic heterocycles. The maximum Gasteiger partial charge on any atom is 0.192 e. The van der Waals surface area contributed by atoms with Gasteiger partial charge < -0.3 is 18.6 Å². The first-order valence-corrected chi connectivity index (χ1v) is 13.1. The lowest BCUT2D eigenvalue weighted by Gasteiger charge is -2.37. The Labute approximate surface area is 173 Å². The zero-order valence-electron chi connectivity index (χ0n) is 19.1. The summed E-state index contributed by atoms with van der Waals surface area (Å²) in [4.78, 5) is 0. The van der Waals surface area contributed by atoms with Gasteiger partial charge in [-0.3, -0.25) is 0 Å². The van der Waals surface area contributed by atoms with Gasteiger partial charge in [-0.1, -0.05) is 58.9 Å². The van der Waals surface area contributed by atoms with Crippen molar-refractivity contribution < 1.29 is 18.6 Å². The number of hydrogen-bond donors (Lipinski definition) is 0. The topological polar surface area (TPSA) is 36.9 Å². The summed E-state index contributed by atoms with van der Waals surface area (Å²) in [5.41, 5.74) is 1.10. The molecule has 0 fully saturated rings. The third kappa shape index (κ3) is 9.37. The fourth-order valence-electron chi connectivity index (χ4n) is 2.21. The first-order valence-electron chi connectivity index (χ1n) is 10.2. The molecule has 0 N–H and O–H groups in total. The number of ether oxygens (including phenoxy) is 3. The molecule has 1 aromatic rings. The first kappa shape index (κ1) is 24.9. The van der Waals surface area contributed by atoms with Gasteiger partial charge >= 0.3 is 0 Å². The van der Waals surface area contributed by atoms with Crippen LogP contribution in [0.5, 0.6) is 5.75 Å². The predicted octanol–water partition coefficient (Wildman–Crippen LogP) is 6.04. The molecule has 0 aliphatic carbocycles. The standard InChI is InChI=1S/C23H40O4Si/c1-19(2)9-10-21(17-27-28(7,8)23(3,4)5)16-26-18-25-15-20-11-13-22(24-6)14-12-20/h9-14,19,21H,15-18H2,1-8H3/b10-9+/t21-/m1/s1. The maximum absolute atomic E-state index is 6.39. The summed E-state index contributed by atoms with van der Waals surface area (Å²) < 4.78 is 23.0. The highest BCUT2D eigenvalue weighted by atomic mass is 28.4. The van der Waals surface area contributed by atoms with Crippen LogP contribution in [0, 0.1) is 11.8 Å². The predicted molar refractivity (Wildman–Crippen MR) is 119 cm³/mol. The van der Waals surface area contributed by atoms with Crippen molar-refractivity contribution in [2.75, 3.05) is 27.1 Å². The zero-order chi connectivity index (χ0) is 21.2. The van der Waals surface area contributed by atoms with E-state index in [2.05, 4.69) is 59.9 Å². The van der Waals surface area contributed by atoms with E-state index in [0.29, 0.717) is 25.7 Å². The molecule has 0 aliphatic heterocycles. The molecule has 4 nitrogen and oxygen atoms in total. The Balaban J connectivity index is 2.44. The summed E-state index contributed by atoms with van der Waals surface area (Å²) >= 11 is 0. The molecule has 28 heavy (non-hydrogen) atoms. The van der Waals surface area contributed by atoms with Crippen molar-refractivity contribution in [3.8, 4) is 5.75 Å². The Morgan fingerprint density at radius 1 is 0.964 bits per heavy atom. The molecule has 1 aromatic carbocycles. The average molecular weight is 409 g/mol. The van der Waals surface area contributed by atoms with Crippen molar-refractivity contribution in [3.63, 3.8) is 0 Å². The summed E-state index contributed by atoms with van der Waals surface area (Å²) in [6, 6.07) is 7.87. The highest BCUT2D eigenvalue weighted by Crippen LogP contribution is 2.36. The smallest absolute Gasteiger partial charge is 0.192 e. The fraction of sp³-hybridized carbons (Fsp3) is 0.652. The van der Waals surface area contributed by atoms with Crippen molar-refractivity contribution in [3.05, 3.63) is 42.0 Å². The molecule has 0 radical (unpaired) electrons. The van der Waals surface area contributed by atoms with E-state index in [4.69, 9.17) is 18.6 Å². The van der Waals surface area contributed by atoms with E-state index in [1.165, 1.54) is 0 Å². The molecule has 0 heterocycles. The molecule has 1 rings (SSSR count). The molecule has 0 spiro atoms. The highest BCUT2D eigenvalue weighted by molar-refractivity contribution is 6.74. The fourth-order valence-corrected chi connectivity index (χ4v) is 3.27. The van der Waals surface area contributed by atoms with E-state index in [0.717, 1.165) is 11.3 Å². The first-order chi connectivity index (χ1) is 13.0. The summed E-state index contributed by atoms with van der Waals surface area (Å²) in [6.45, 7) is 17.8. The van der Waals surface area contributed by atoms with Crippen LogP contribution in [-0.4, -0.2) is 35.4 Å². The second kappa shape index (κ2) is 11.8. The minimum absolute atomic E-state index is 0.210. The molecular weight excluding hydrogens is 368 g/mol. The number of rotatable bonds is 12. The van der Waals surface area contributed by atoms with E-state index < -0.39 is 8.32 Å². The Hall–Kier alpha value is -1.14. The Morgan fingerprint density at radius 2 is 1.61 bits per heavy atom. The van der Waals surface area contributed by atoms with E-state index in [-0.39, 0.29) is 17.7 Å². The Morgan fingerprint density at radius 3 is 2.14 bits per heavy atom. The number of hydrogen-bond acceptors (Lipinski definition) is 4. The molecule has 0 bridgehead atoms.